The number of ether oxygens (including phenoxy) is 1. The van der Waals surface area contributed by atoms with E-state index in [-0.39, 0.29) is 6.61 Å². The molecule has 0 spiro atoms. The molecule has 1 aromatic carbocycles. The van der Waals surface area contributed by atoms with E-state index in [9.17, 15) is 5.11 Å². The van der Waals surface area contributed by atoms with Gasteiger partial charge in [-0.25, -0.2) is 0 Å². The molecule has 0 bridgehead atoms. The van der Waals surface area contributed by atoms with Gasteiger partial charge in [0.1, 0.15) is 5.75 Å². The van der Waals surface area contributed by atoms with Crippen LogP contribution in [0, 0.1) is 0 Å². The van der Waals surface area contributed by atoms with Crippen molar-refractivity contribution in [2.24, 2.45) is 0 Å². The van der Waals surface area contributed by atoms with Crippen LogP contribution in [0.4, 0.5) is 0 Å². The first-order valence-corrected chi connectivity index (χ1v) is 6.19. The van der Waals surface area contributed by atoms with Crippen molar-refractivity contribution in [1.82, 2.24) is 4.98 Å². The third kappa shape index (κ3) is 2.80. The van der Waals surface area contributed by atoms with Crippen molar-refractivity contribution in [2.45, 2.75) is 32.8 Å². The molecule has 0 aliphatic rings. The number of H-pyrrole nitrogens is 1. The Morgan fingerprint density at radius 2 is 2.18 bits per heavy atom. The summed E-state index contributed by atoms with van der Waals surface area (Å²) in [4.78, 5) is 3.13. The van der Waals surface area contributed by atoms with Crippen LogP contribution in [0.25, 0.3) is 10.9 Å². The number of aromatic amines is 1. The maximum absolute atomic E-state index is 9.20. The van der Waals surface area contributed by atoms with Crippen molar-refractivity contribution < 1.29 is 9.84 Å². The smallest absolute Gasteiger partial charge is 0.120 e. The molecule has 3 nitrogen and oxygen atoms in total. The minimum Gasteiger partial charge on any atom is -0.494 e. The molecular weight excluding hydrogens is 214 g/mol. The second-order valence-electron chi connectivity index (χ2n) is 4.23. The number of nitrogens with one attached hydrogen (secondary N) is 1. The van der Waals surface area contributed by atoms with Gasteiger partial charge in [-0.2, -0.15) is 0 Å². The Labute approximate surface area is 101 Å². The molecule has 0 unspecified atom stereocenters. The molecule has 0 atom stereocenters. The molecule has 2 aromatic rings. The zero-order valence-electron chi connectivity index (χ0n) is 10.2. The van der Waals surface area contributed by atoms with Crippen LogP contribution in [0.15, 0.2) is 24.4 Å². The monoisotopic (exact) mass is 233 g/mol. The van der Waals surface area contributed by atoms with E-state index >= 15 is 0 Å². The van der Waals surface area contributed by atoms with Crippen molar-refractivity contribution in [2.75, 3.05) is 6.61 Å². The molecule has 0 aliphatic carbocycles. The lowest BCUT2D eigenvalue weighted by Crippen LogP contribution is -1.96. The summed E-state index contributed by atoms with van der Waals surface area (Å²) < 4.78 is 5.69. The second kappa shape index (κ2) is 5.73. The van der Waals surface area contributed by atoms with Crippen LogP contribution in [0.3, 0.4) is 0 Å². The third-order valence-electron chi connectivity index (χ3n) is 2.93. The summed E-state index contributed by atoms with van der Waals surface area (Å²) in [6.07, 6.45) is 5.34. The number of hydrogen-bond acceptors (Lipinski definition) is 2. The van der Waals surface area contributed by atoms with E-state index < -0.39 is 0 Å². The van der Waals surface area contributed by atoms with E-state index in [4.69, 9.17) is 4.74 Å². The Kier molecular flexibility index (Phi) is 4.04. The fraction of sp³-hybridized carbons (Fsp3) is 0.429. The number of aromatic nitrogens is 1. The lowest BCUT2D eigenvalue weighted by Gasteiger charge is -2.06. The lowest BCUT2D eigenvalue weighted by atomic mass is 10.2. The molecule has 0 aliphatic heterocycles. The van der Waals surface area contributed by atoms with Gasteiger partial charge < -0.3 is 14.8 Å². The van der Waals surface area contributed by atoms with Crippen molar-refractivity contribution in [3.63, 3.8) is 0 Å². The highest BCUT2D eigenvalue weighted by Gasteiger charge is 2.04. The number of hydrogen-bond donors (Lipinski definition) is 2. The predicted molar refractivity (Wildman–Crippen MR) is 69.2 cm³/mol. The molecule has 0 radical (unpaired) electrons. The van der Waals surface area contributed by atoms with E-state index in [1.54, 1.807) is 0 Å². The van der Waals surface area contributed by atoms with Gasteiger partial charge in [0.2, 0.25) is 0 Å². The number of aliphatic hydroxyl groups is 1. The Morgan fingerprint density at radius 1 is 1.29 bits per heavy atom. The van der Waals surface area contributed by atoms with Crippen LogP contribution in [-0.4, -0.2) is 16.7 Å². The second-order valence-corrected chi connectivity index (χ2v) is 4.23. The Bertz CT molecular complexity index is 476. The predicted octanol–water partition coefficient (Wildman–Crippen LogP) is 3.23. The average molecular weight is 233 g/mol. The normalized spacial score (nSPS) is 10.9. The molecule has 3 heteroatoms. The molecule has 0 amide bonds. The van der Waals surface area contributed by atoms with Gasteiger partial charge in [-0.15, -0.1) is 0 Å². The fourth-order valence-electron chi connectivity index (χ4n) is 1.92. The first kappa shape index (κ1) is 12.0. The summed E-state index contributed by atoms with van der Waals surface area (Å²) in [5.41, 5.74) is 1.95. The molecule has 92 valence electrons. The van der Waals surface area contributed by atoms with Gasteiger partial charge in [-0.1, -0.05) is 19.8 Å². The number of benzene rings is 1. The Morgan fingerprint density at radius 3 is 2.94 bits per heavy atom. The number of fused-ring (bicyclic) bond motifs is 1. The first-order valence-electron chi connectivity index (χ1n) is 6.19. The summed E-state index contributed by atoms with van der Waals surface area (Å²) in [6.45, 7) is 3.00. The van der Waals surface area contributed by atoms with E-state index in [1.807, 2.05) is 24.4 Å². The molecule has 0 saturated carbocycles. The van der Waals surface area contributed by atoms with Crippen LogP contribution in [-0.2, 0) is 6.61 Å². The summed E-state index contributed by atoms with van der Waals surface area (Å²) >= 11 is 0. The zero-order valence-corrected chi connectivity index (χ0v) is 10.2. The summed E-state index contributed by atoms with van der Waals surface area (Å²) in [7, 11) is 0. The van der Waals surface area contributed by atoms with E-state index in [2.05, 4.69) is 11.9 Å². The molecule has 1 aromatic heterocycles. The number of unbranched alkanes of at least 4 members (excludes halogenated alkanes) is 2. The van der Waals surface area contributed by atoms with Crippen molar-refractivity contribution in [3.8, 4) is 5.75 Å². The first-order chi connectivity index (χ1) is 8.35. The zero-order chi connectivity index (χ0) is 12.1. The van der Waals surface area contributed by atoms with Crippen molar-refractivity contribution in [1.29, 1.82) is 0 Å². The van der Waals surface area contributed by atoms with Gasteiger partial charge in [-0.05, 0) is 24.6 Å². The van der Waals surface area contributed by atoms with E-state index in [1.165, 1.54) is 12.8 Å². The minimum atomic E-state index is 0.0548. The molecule has 2 N–H and O–H groups in total. The summed E-state index contributed by atoms with van der Waals surface area (Å²) in [6, 6.07) is 5.94. The highest BCUT2D eigenvalue weighted by molar-refractivity contribution is 5.84. The van der Waals surface area contributed by atoms with Crippen LogP contribution in [0.5, 0.6) is 5.75 Å². The Hall–Kier alpha value is -1.48. The van der Waals surface area contributed by atoms with Crippen LogP contribution in [0.2, 0.25) is 0 Å². The summed E-state index contributed by atoms with van der Waals surface area (Å²) in [5, 5.41) is 10.2. The standard InChI is InChI=1S/C14H19NO2/c1-2-3-4-7-17-12-5-6-14-13(8-12)11(10-16)9-15-14/h5-6,8-9,15-16H,2-4,7,10H2,1H3. The molecule has 0 fully saturated rings. The van der Waals surface area contributed by atoms with E-state index in [0.29, 0.717) is 0 Å². The van der Waals surface area contributed by atoms with Gasteiger partial charge in [0.15, 0.2) is 0 Å². The molecule has 17 heavy (non-hydrogen) atoms. The van der Waals surface area contributed by atoms with Gasteiger partial charge in [0, 0.05) is 22.7 Å². The highest BCUT2D eigenvalue weighted by Crippen LogP contribution is 2.23. The molecule has 2 rings (SSSR count). The molecule has 0 saturated heterocycles. The topological polar surface area (TPSA) is 45.2 Å². The maximum atomic E-state index is 9.20. The maximum Gasteiger partial charge on any atom is 0.120 e. The summed E-state index contributed by atoms with van der Waals surface area (Å²) in [5.74, 6) is 0.878. The number of rotatable bonds is 6. The highest BCUT2D eigenvalue weighted by atomic mass is 16.5. The fourth-order valence-corrected chi connectivity index (χ4v) is 1.92. The van der Waals surface area contributed by atoms with Gasteiger partial charge in [0.05, 0.1) is 13.2 Å². The van der Waals surface area contributed by atoms with Crippen LogP contribution in [0.1, 0.15) is 31.7 Å². The molecular formula is C14H19NO2. The number of aliphatic hydroxyl groups excluding tert-OH is 1. The van der Waals surface area contributed by atoms with E-state index in [0.717, 1.165) is 35.2 Å². The quantitative estimate of drug-likeness (QED) is 0.752. The third-order valence-corrected chi connectivity index (χ3v) is 2.93. The molecule has 1 heterocycles. The SMILES string of the molecule is CCCCCOc1ccc2[nH]cc(CO)c2c1. The van der Waals surface area contributed by atoms with Gasteiger partial charge >= 0.3 is 0 Å². The lowest BCUT2D eigenvalue weighted by molar-refractivity contribution is 0.283. The van der Waals surface area contributed by atoms with Crippen LogP contribution < -0.4 is 4.74 Å². The Balaban J connectivity index is 2.07. The minimum absolute atomic E-state index is 0.0548. The van der Waals surface area contributed by atoms with Crippen molar-refractivity contribution >= 4 is 10.9 Å². The van der Waals surface area contributed by atoms with Crippen LogP contribution >= 0.6 is 0 Å². The largest absolute Gasteiger partial charge is 0.494 e. The average Bonchev–Trinajstić information content (AvgIpc) is 2.77. The van der Waals surface area contributed by atoms with Crippen molar-refractivity contribution in [3.05, 3.63) is 30.0 Å². The van der Waals surface area contributed by atoms with Gasteiger partial charge in [-0.3, -0.25) is 0 Å². The van der Waals surface area contributed by atoms with Gasteiger partial charge in [0.25, 0.3) is 0 Å².